The van der Waals surface area contributed by atoms with Crippen LogP contribution in [0, 0.1) is 5.92 Å². The van der Waals surface area contributed by atoms with Gasteiger partial charge in [0.25, 0.3) is 0 Å². The van der Waals surface area contributed by atoms with Crippen molar-refractivity contribution in [1.82, 2.24) is 10.2 Å². The van der Waals surface area contributed by atoms with Crippen LogP contribution in [-0.2, 0) is 4.74 Å². The van der Waals surface area contributed by atoms with Crippen LogP contribution in [0.5, 0.6) is 0 Å². The SMILES string of the molecule is CCC1CNC(c2ccccc2)CN1CC1CCCOC1. The first-order valence-electron chi connectivity index (χ1n) is 8.47. The van der Waals surface area contributed by atoms with Crippen LogP contribution < -0.4 is 5.32 Å². The number of benzene rings is 1. The summed E-state index contributed by atoms with van der Waals surface area (Å²) in [6.07, 6.45) is 3.79. The van der Waals surface area contributed by atoms with Crippen molar-refractivity contribution >= 4 is 0 Å². The largest absolute Gasteiger partial charge is 0.381 e. The lowest BCUT2D eigenvalue weighted by atomic mass is 9.96. The van der Waals surface area contributed by atoms with Crippen molar-refractivity contribution in [2.75, 3.05) is 32.8 Å². The molecule has 0 bridgehead atoms. The molecule has 21 heavy (non-hydrogen) atoms. The van der Waals surface area contributed by atoms with Crippen molar-refractivity contribution in [2.24, 2.45) is 5.92 Å². The Hall–Kier alpha value is -0.900. The van der Waals surface area contributed by atoms with Crippen molar-refractivity contribution in [1.29, 1.82) is 0 Å². The molecule has 0 amide bonds. The Bertz CT molecular complexity index is 416. The fourth-order valence-corrected chi connectivity index (χ4v) is 3.67. The van der Waals surface area contributed by atoms with Gasteiger partial charge in [0.1, 0.15) is 0 Å². The first-order valence-corrected chi connectivity index (χ1v) is 8.47. The standard InChI is InChI=1S/C18H28N2O/c1-2-17-11-19-18(16-8-4-3-5-9-16)13-20(17)12-15-7-6-10-21-14-15/h3-5,8-9,15,17-19H,2,6-7,10-14H2,1H3. The van der Waals surface area contributed by atoms with E-state index in [-0.39, 0.29) is 0 Å². The molecule has 0 saturated carbocycles. The molecule has 3 rings (SSSR count). The molecule has 1 N–H and O–H groups in total. The summed E-state index contributed by atoms with van der Waals surface area (Å²) in [6.45, 7) is 7.64. The summed E-state index contributed by atoms with van der Waals surface area (Å²) in [4.78, 5) is 2.70. The van der Waals surface area contributed by atoms with Gasteiger partial charge in [0.05, 0.1) is 6.61 Å². The predicted octanol–water partition coefficient (Wildman–Crippen LogP) is 2.84. The summed E-state index contributed by atoms with van der Waals surface area (Å²) in [5, 5.41) is 3.73. The number of nitrogens with one attached hydrogen (secondary N) is 1. The number of nitrogens with zero attached hydrogens (tertiary/aromatic N) is 1. The van der Waals surface area contributed by atoms with Crippen molar-refractivity contribution in [3.8, 4) is 0 Å². The zero-order chi connectivity index (χ0) is 14.5. The van der Waals surface area contributed by atoms with Gasteiger partial charge in [-0.15, -0.1) is 0 Å². The lowest BCUT2D eigenvalue weighted by molar-refractivity contribution is 0.0210. The first-order chi connectivity index (χ1) is 10.4. The second kappa shape index (κ2) is 7.39. The van der Waals surface area contributed by atoms with E-state index in [1.807, 2.05) is 0 Å². The van der Waals surface area contributed by atoms with Gasteiger partial charge < -0.3 is 10.1 Å². The van der Waals surface area contributed by atoms with E-state index in [9.17, 15) is 0 Å². The molecule has 0 spiro atoms. The van der Waals surface area contributed by atoms with Crippen LogP contribution >= 0.6 is 0 Å². The summed E-state index contributed by atoms with van der Waals surface area (Å²) in [6, 6.07) is 12.0. The summed E-state index contributed by atoms with van der Waals surface area (Å²) < 4.78 is 5.66. The van der Waals surface area contributed by atoms with Gasteiger partial charge in [0.15, 0.2) is 0 Å². The van der Waals surface area contributed by atoms with E-state index in [2.05, 4.69) is 47.5 Å². The molecule has 3 heteroatoms. The van der Waals surface area contributed by atoms with Crippen LogP contribution in [-0.4, -0.2) is 43.8 Å². The Labute approximate surface area is 128 Å². The van der Waals surface area contributed by atoms with Gasteiger partial charge in [-0.1, -0.05) is 37.3 Å². The molecule has 1 aromatic rings. The maximum absolute atomic E-state index is 5.66. The topological polar surface area (TPSA) is 24.5 Å². The molecule has 1 aromatic carbocycles. The minimum atomic E-state index is 0.471. The van der Waals surface area contributed by atoms with Gasteiger partial charge in [-0.25, -0.2) is 0 Å². The highest BCUT2D eigenvalue weighted by Gasteiger charge is 2.29. The molecule has 116 valence electrons. The molecule has 2 saturated heterocycles. The second-order valence-electron chi connectivity index (χ2n) is 6.47. The van der Waals surface area contributed by atoms with Gasteiger partial charge in [0, 0.05) is 38.3 Å². The quantitative estimate of drug-likeness (QED) is 0.922. The molecule has 2 fully saturated rings. The fraction of sp³-hybridized carbons (Fsp3) is 0.667. The average molecular weight is 288 g/mol. The van der Waals surface area contributed by atoms with Crippen LogP contribution in [0.4, 0.5) is 0 Å². The third-order valence-electron chi connectivity index (χ3n) is 4.95. The maximum Gasteiger partial charge on any atom is 0.0506 e. The third kappa shape index (κ3) is 3.85. The summed E-state index contributed by atoms with van der Waals surface area (Å²) in [7, 11) is 0. The number of piperazine rings is 1. The minimum absolute atomic E-state index is 0.471. The highest BCUT2D eigenvalue weighted by atomic mass is 16.5. The maximum atomic E-state index is 5.66. The normalized spacial score (nSPS) is 31.2. The predicted molar refractivity (Wildman–Crippen MR) is 86.4 cm³/mol. The van der Waals surface area contributed by atoms with E-state index in [0.29, 0.717) is 12.1 Å². The molecule has 3 nitrogen and oxygen atoms in total. The molecular weight excluding hydrogens is 260 g/mol. The molecule has 3 unspecified atom stereocenters. The molecule has 2 heterocycles. The zero-order valence-corrected chi connectivity index (χ0v) is 13.1. The van der Waals surface area contributed by atoms with Crippen LogP contribution in [0.2, 0.25) is 0 Å². The molecule has 2 aliphatic heterocycles. The lowest BCUT2D eigenvalue weighted by Gasteiger charge is -2.42. The molecule has 0 aliphatic carbocycles. The van der Waals surface area contributed by atoms with Crippen molar-refractivity contribution in [3.63, 3.8) is 0 Å². The number of hydrogen-bond donors (Lipinski definition) is 1. The van der Waals surface area contributed by atoms with Crippen molar-refractivity contribution in [3.05, 3.63) is 35.9 Å². The van der Waals surface area contributed by atoms with Gasteiger partial charge in [-0.05, 0) is 30.7 Å². The molecule has 0 radical (unpaired) electrons. The number of rotatable bonds is 4. The molecular formula is C18H28N2O. The molecule has 3 atom stereocenters. The Morgan fingerprint density at radius 3 is 2.86 bits per heavy atom. The fourth-order valence-electron chi connectivity index (χ4n) is 3.67. The van der Waals surface area contributed by atoms with Gasteiger partial charge in [0.2, 0.25) is 0 Å². The molecule has 0 aromatic heterocycles. The zero-order valence-electron chi connectivity index (χ0n) is 13.1. The summed E-state index contributed by atoms with van der Waals surface area (Å²) in [5.41, 5.74) is 1.41. The van der Waals surface area contributed by atoms with E-state index in [0.717, 1.165) is 32.2 Å². The van der Waals surface area contributed by atoms with E-state index in [1.165, 1.54) is 31.4 Å². The van der Waals surface area contributed by atoms with Crippen molar-refractivity contribution in [2.45, 2.75) is 38.3 Å². The van der Waals surface area contributed by atoms with Crippen LogP contribution in [0.25, 0.3) is 0 Å². The van der Waals surface area contributed by atoms with Gasteiger partial charge in [-0.2, -0.15) is 0 Å². The third-order valence-corrected chi connectivity index (χ3v) is 4.95. The highest BCUT2D eigenvalue weighted by molar-refractivity contribution is 5.20. The average Bonchev–Trinajstić information content (AvgIpc) is 2.56. The Morgan fingerprint density at radius 1 is 1.29 bits per heavy atom. The Kier molecular flexibility index (Phi) is 5.28. The minimum Gasteiger partial charge on any atom is -0.381 e. The molecule has 2 aliphatic rings. The summed E-state index contributed by atoms with van der Waals surface area (Å²) in [5.74, 6) is 0.724. The smallest absolute Gasteiger partial charge is 0.0506 e. The summed E-state index contributed by atoms with van der Waals surface area (Å²) >= 11 is 0. The Morgan fingerprint density at radius 2 is 2.14 bits per heavy atom. The van der Waals surface area contributed by atoms with Crippen LogP contribution in [0.1, 0.15) is 37.8 Å². The lowest BCUT2D eigenvalue weighted by Crippen LogP contribution is -2.54. The second-order valence-corrected chi connectivity index (χ2v) is 6.47. The van der Waals surface area contributed by atoms with Gasteiger partial charge >= 0.3 is 0 Å². The Balaban J connectivity index is 1.64. The van der Waals surface area contributed by atoms with Gasteiger partial charge in [-0.3, -0.25) is 4.90 Å². The monoisotopic (exact) mass is 288 g/mol. The first kappa shape index (κ1) is 15.0. The van der Waals surface area contributed by atoms with E-state index in [4.69, 9.17) is 4.74 Å². The number of ether oxygens (including phenoxy) is 1. The highest BCUT2D eigenvalue weighted by Crippen LogP contribution is 2.24. The van der Waals surface area contributed by atoms with E-state index in [1.54, 1.807) is 0 Å². The van der Waals surface area contributed by atoms with E-state index < -0.39 is 0 Å². The van der Waals surface area contributed by atoms with Crippen molar-refractivity contribution < 1.29 is 4.74 Å². The van der Waals surface area contributed by atoms with E-state index >= 15 is 0 Å². The number of hydrogen-bond acceptors (Lipinski definition) is 3. The van der Waals surface area contributed by atoms with Crippen LogP contribution in [0.3, 0.4) is 0 Å². The van der Waals surface area contributed by atoms with Crippen LogP contribution in [0.15, 0.2) is 30.3 Å².